The number of carbonyl (C=O) groups excluding carboxylic acids is 2. The van der Waals surface area contributed by atoms with E-state index < -0.39 is 30.1 Å². The summed E-state index contributed by atoms with van der Waals surface area (Å²) in [4.78, 5) is 33.3. The average Bonchev–Trinajstić information content (AvgIpc) is 3.41. The van der Waals surface area contributed by atoms with E-state index >= 15 is 0 Å². The number of benzene rings is 2. The second-order valence-electron chi connectivity index (χ2n) is 9.07. The third kappa shape index (κ3) is 6.76. The third-order valence-electron chi connectivity index (χ3n) is 6.29. The summed E-state index contributed by atoms with van der Waals surface area (Å²) in [7, 11) is 1.75. The molecule has 0 radical (unpaired) electrons. The Morgan fingerprint density at radius 1 is 1.25 bits per heavy atom. The molecule has 0 aliphatic carbocycles. The van der Waals surface area contributed by atoms with E-state index in [1.807, 2.05) is 6.07 Å². The van der Waals surface area contributed by atoms with E-state index in [4.69, 9.17) is 23.3 Å². The number of H-pyrrole nitrogens is 1. The molecule has 0 fully saturated rings. The smallest absolute Gasteiger partial charge is 0.244 e. The van der Waals surface area contributed by atoms with Crippen LogP contribution >= 0.6 is 11.6 Å². The van der Waals surface area contributed by atoms with Crippen LogP contribution in [0.2, 0.25) is 5.02 Å². The highest BCUT2D eigenvalue weighted by Gasteiger charge is 2.28. The maximum absolute atomic E-state index is 13.0. The zero-order valence-electron chi connectivity index (χ0n) is 21.5. The van der Waals surface area contributed by atoms with Gasteiger partial charge in [-0.05, 0) is 42.5 Å². The van der Waals surface area contributed by atoms with Crippen molar-refractivity contribution in [1.29, 1.82) is 0 Å². The molecular weight excluding hydrogens is 538 g/mol. The van der Waals surface area contributed by atoms with Gasteiger partial charge in [-0.25, -0.2) is 10.8 Å². The van der Waals surface area contributed by atoms with E-state index in [9.17, 15) is 19.8 Å². The van der Waals surface area contributed by atoms with Gasteiger partial charge < -0.3 is 37.0 Å². The van der Waals surface area contributed by atoms with Crippen LogP contribution in [-0.2, 0) is 9.59 Å². The number of amides is 2. The number of anilines is 3. The number of aliphatic hydroxyl groups is 2. The number of hydrogen-bond donors (Lipinski definition) is 8. The Morgan fingerprint density at radius 3 is 2.80 bits per heavy atom. The molecule has 1 aromatic heterocycles. The fraction of sp³-hybridized carbons (Fsp3) is 0.231. The van der Waals surface area contributed by atoms with Gasteiger partial charge in [0.1, 0.15) is 12.2 Å². The maximum atomic E-state index is 13.0. The van der Waals surface area contributed by atoms with Gasteiger partial charge >= 0.3 is 0 Å². The van der Waals surface area contributed by atoms with Crippen LogP contribution in [0.1, 0.15) is 30.3 Å². The minimum atomic E-state index is -1.38. The lowest BCUT2D eigenvalue weighted by atomic mass is 10.0. The lowest BCUT2D eigenvalue weighted by Gasteiger charge is -2.23. The number of fused-ring (bicyclic) bond motifs is 4. The van der Waals surface area contributed by atoms with Gasteiger partial charge in [0.05, 0.1) is 41.7 Å². The molecule has 210 valence electrons. The van der Waals surface area contributed by atoms with Crippen LogP contribution in [0.3, 0.4) is 0 Å². The minimum absolute atomic E-state index is 0.113. The van der Waals surface area contributed by atoms with Crippen molar-refractivity contribution in [2.75, 3.05) is 22.7 Å². The quantitative estimate of drug-likeness (QED) is 0.0715. The van der Waals surface area contributed by atoms with Crippen LogP contribution in [-0.4, -0.2) is 57.6 Å². The van der Waals surface area contributed by atoms with Gasteiger partial charge in [-0.3, -0.25) is 14.6 Å². The molecule has 3 aromatic rings. The lowest BCUT2D eigenvalue weighted by molar-refractivity contribution is -0.121. The number of hydrogen-bond acceptors (Lipinski definition) is 9. The van der Waals surface area contributed by atoms with Gasteiger partial charge in [-0.15, -0.1) is 0 Å². The fourth-order valence-corrected chi connectivity index (χ4v) is 4.44. The second-order valence-corrected chi connectivity index (χ2v) is 9.51. The van der Waals surface area contributed by atoms with Crippen LogP contribution in [0, 0.1) is 0 Å². The van der Waals surface area contributed by atoms with Crippen molar-refractivity contribution >= 4 is 52.9 Å². The topological polar surface area (TPSA) is 207 Å². The van der Waals surface area contributed by atoms with Crippen molar-refractivity contribution in [3.05, 3.63) is 65.1 Å². The van der Waals surface area contributed by atoms with Crippen molar-refractivity contribution in [2.45, 2.75) is 31.1 Å². The van der Waals surface area contributed by atoms with Crippen molar-refractivity contribution < 1.29 is 19.8 Å². The lowest BCUT2D eigenvalue weighted by Crippen LogP contribution is -2.36. The van der Waals surface area contributed by atoms with E-state index in [0.717, 1.165) is 5.69 Å². The SMILES string of the molecule is CNc1ccc2c(c1)NC(=O)CC(O)C(O)C[C@H](NC(=O)/C=C/c1cc(Cl)ccc1N(N)/C=N\N)c1nc-2c[nH]1. The second kappa shape index (κ2) is 12.6. The molecule has 0 saturated heterocycles. The predicted molar refractivity (Wildman–Crippen MR) is 154 cm³/mol. The van der Waals surface area contributed by atoms with Crippen LogP contribution < -0.4 is 32.6 Å². The van der Waals surface area contributed by atoms with Gasteiger partial charge in [0, 0.05) is 47.6 Å². The first-order chi connectivity index (χ1) is 19.2. The normalized spacial score (nSPS) is 19.4. The first-order valence-electron chi connectivity index (χ1n) is 12.3. The standard InChI is InChI=1S/C26H30ClN9O4/c1-30-16-4-5-17-18(9-16)33-25(40)11-23(38)22(37)10-19(26-31-12-20(17)35-26)34-24(39)7-2-14-8-15(27)3-6-21(14)36(29)13-32-28/h2-9,12-13,19,22-23,30,37-38H,10-11,28-29H2,1H3,(H,31,35)(H,33,40)(H,34,39)/b7-2+,32-13-/t19-,22?,23?/m0/s1. The zero-order valence-corrected chi connectivity index (χ0v) is 22.3. The first kappa shape index (κ1) is 28.6. The highest BCUT2D eigenvalue weighted by molar-refractivity contribution is 6.30. The van der Waals surface area contributed by atoms with E-state index in [1.54, 1.807) is 43.6 Å². The number of nitrogens with one attached hydrogen (secondary N) is 4. The largest absolute Gasteiger partial charge is 0.390 e. The molecule has 3 atom stereocenters. The molecule has 13 nitrogen and oxygen atoms in total. The molecule has 40 heavy (non-hydrogen) atoms. The Balaban J connectivity index is 1.64. The number of nitrogens with two attached hydrogens (primary N) is 2. The molecular formula is C26H30ClN9O4. The Hall–Kier alpha value is -4.43. The number of rotatable bonds is 6. The fourth-order valence-electron chi connectivity index (χ4n) is 4.26. The van der Waals surface area contributed by atoms with Gasteiger partial charge in [-0.2, -0.15) is 5.10 Å². The number of aromatic amines is 1. The summed E-state index contributed by atoms with van der Waals surface area (Å²) in [6.07, 6.45) is 2.45. The van der Waals surface area contributed by atoms with E-state index in [2.05, 4.69) is 31.0 Å². The van der Waals surface area contributed by atoms with Crippen molar-refractivity contribution in [3.63, 3.8) is 0 Å². The highest BCUT2D eigenvalue weighted by atomic mass is 35.5. The van der Waals surface area contributed by atoms with Gasteiger partial charge in [0.25, 0.3) is 0 Å². The number of aromatic nitrogens is 2. The molecule has 2 aromatic carbocycles. The molecule has 2 unspecified atom stereocenters. The van der Waals surface area contributed by atoms with Gasteiger partial charge in [0.15, 0.2) is 0 Å². The molecule has 2 amide bonds. The number of halogens is 1. The first-order valence-corrected chi connectivity index (χ1v) is 12.6. The number of aliphatic hydroxyl groups excluding tert-OH is 2. The summed E-state index contributed by atoms with van der Waals surface area (Å²) in [6, 6.07) is 9.43. The maximum Gasteiger partial charge on any atom is 0.244 e. The monoisotopic (exact) mass is 567 g/mol. The predicted octanol–water partition coefficient (Wildman–Crippen LogP) is 1.68. The minimum Gasteiger partial charge on any atom is -0.390 e. The summed E-state index contributed by atoms with van der Waals surface area (Å²) in [5.41, 5.74) is 3.40. The molecule has 14 heteroatoms. The van der Waals surface area contributed by atoms with Crippen LogP contribution in [0.4, 0.5) is 17.1 Å². The molecule has 0 spiro atoms. The Morgan fingerprint density at radius 2 is 2.05 bits per heavy atom. The molecule has 1 aliphatic rings. The highest BCUT2D eigenvalue weighted by Crippen LogP contribution is 2.32. The molecule has 0 saturated carbocycles. The molecule has 2 heterocycles. The Kier molecular flexibility index (Phi) is 9.01. The Bertz CT molecular complexity index is 1440. The summed E-state index contributed by atoms with van der Waals surface area (Å²) in [6.45, 7) is 0. The van der Waals surface area contributed by atoms with Gasteiger partial charge in [0.2, 0.25) is 11.8 Å². The summed E-state index contributed by atoms with van der Waals surface area (Å²) in [5.74, 6) is 10.5. The number of hydrazone groups is 1. The number of imidazole rings is 1. The van der Waals surface area contributed by atoms with E-state index in [-0.39, 0.29) is 12.8 Å². The summed E-state index contributed by atoms with van der Waals surface area (Å²) >= 11 is 6.13. The van der Waals surface area contributed by atoms with Crippen LogP contribution in [0.25, 0.3) is 17.3 Å². The molecule has 4 rings (SSSR count). The Labute approximate surface area is 234 Å². The number of carbonyl (C=O) groups is 2. The number of hydrazine groups is 1. The van der Waals surface area contributed by atoms with E-state index in [1.165, 1.54) is 23.5 Å². The third-order valence-corrected chi connectivity index (χ3v) is 6.53. The molecule has 10 N–H and O–H groups in total. The zero-order chi connectivity index (χ0) is 28.8. The van der Waals surface area contributed by atoms with E-state index in [0.29, 0.717) is 39.0 Å². The van der Waals surface area contributed by atoms with Crippen LogP contribution in [0.15, 0.2) is 53.8 Å². The number of nitrogens with zero attached hydrogens (tertiary/aromatic N) is 3. The summed E-state index contributed by atoms with van der Waals surface area (Å²) < 4.78 is 0. The van der Waals surface area contributed by atoms with Crippen molar-refractivity contribution in [1.82, 2.24) is 15.3 Å². The summed E-state index contributed by atoms with van der Waals surface area (Å²) in [5, 5.41) is 34.8. The van der Waals surface area contributed by atoms with Gasteiger partial charge in [-0.1, -0.05) is 11.6 Å². The molecule has 1 aliphatic heterocycles. The molecule has 2 bridgehead atoms. The van der Waals surface area contributed by atoms with Crippen LogP contribution in [0.5, 0.6) is 0 Å². The van der Waals surface area contributed by atoms with Crippen molar-refractivity contribution in [2.24, 2.45) is 16.8 Å². The van der Waals surface area contributed by atoms with Crippen molar-refractivity contribution in [3.8, 4) is 11.3 Å². The average molecular weight is 568 g/mol.